The van der Waals surface area contributed by atoms with E-state index in [0.29, 0.717) is 0 Å². The summed E-state index contributed by atoms with van der Waals surface area (Å²) in [4.78, 5) is 0. The molecule has 2 heteroatoms. The smallest absolute Gasteiger partial charge is 0.0393 e. The van der Waals surface area contributed by atoms with Gasteiger partial charge < -0.3 is 0 Å². The predicted molar refractivity (Wildman–Crippen MR) is 52.5 cm³/mol. The second-order valence-electron chi connectivity index (χ2n) is 2.77. The molecule has 10 heavy (non-hydrogen) atoms. The van der Waals surface area contributed by atoms with Gasteiger partial charge in [0.25, 0.3) is 0 Å². The van der Waals surface area contributed by atoms with Gasteiger partial charge in [-0.2, -0.15) is 0 Å². The minimum Gasteiger partial charge on any atom is -0.123 e. The third-order valence-electron chi connectivity index (χ3n) is 1.75. The summed E-state index contributed by atoms with van der Waals surface area (Å²) in [5, 5.41) is 0. The van der Waals surface area contributed by atoms with Crippen LogP contribution >= 0.6 is 23.5 Å². The van der Waals surface area contributed by atoms with Crippen LogP contribution in [0.15, 0.2) is 9.81 Å². The van der Waals surface area contributed by atoms with E-state index in [0.717, 1.165) is 5.92 Å². The molecule has 1 heterocycles. The Kier molecular flexibility index (Phi) is 3.18. The normalized spacial score (nSPS) is 19.2. The topological polar surface area (TPSA) is 0 Å². The second-order valence-corrected chi connectivity index (χ2v) is 4.95. The van der Waals surface area contributed by atoms with Crippen molar-refractivity contribution in [1.82, 2.24) is 0 Å². The molecule has 0 N–H and O–H groups in total. The molecule has 0 amide bonds. The van der Waals surface area contributed by atoms with Gasteiger partial charge in [-0.25, -0.2) is 0 Å². The lowest BCUT2D eigenvalue weighted by atomic mass is 10.0. The first-order valence-corrected chi connectivity index (χ1v) is 5.86. The van der Waals surface area contributed by atoms with Crippen molar-refractivity contribution in [3.8, 4) is 0 Å². The van der Waals surface area contributed by atoms with E-state index in [9.17, 15) is 0 Å². The van der Waals surface area contributed by atoms with Crippen molar-refractivity contribution >= 4 is 23.5 Å². The molecule has 0 saturated carbocycles. The van der Waals surface area contributed by atoms with Gasteiger partial charge >= 0.3 is 0 Å². The highest BCUT2D eigenvalue weighted by Crippen LogP contribution is 2.41. The van der Waals surface area contributed by atoms with Gasteiger partial charge in [0.1, 0.15) is 0 Å². The molecule has 1 aliphatic heterocycles. The quantitative estimate of drug-likeness (QED) is 0.629. The number of hydrogen-bond donors (Lipinski definition) is 0. The van der Waals surface area contributed by atoms with Crippen molar-refractivity contribution in [2.75, 3.05) is 12.0 Å². The third-order valence-corrected chi connectivity index (χ3v) is 4.17. The molecule has 0 aromatic heterocycles. The first-order valence-electron chi connectivity index (χ1n) is 3.65. The number of rotatable bonds is 2. The van der Waals surface area contributed by atoms with E-state index in [2.05, 4.69) is 20.1 Å². The van der Waals surface area contributed by atoms with Crippen molar-refractivity contribution in [3.63, 3.8) is 0 Å². The molecule has 0 nitrogen and oxygen atoms in total. The summed E-state index contributed by atoms with van der Waals surface area (Å²) >= 11 is 3.93. The summed E-state index contributed by atoms with van der Waals surface area (Å²) < 4.78 is 1.58. The maximum atomic E-state index is 2.29. The molecule has 0 aliphatic carbocycles. The zero-order chi connectivity index (χ0) is 7.56. The largest absolute Gasteiger partial charge is 0.123 e. The van der Waals surface area contributed by atoms with Gasteiger partial charge in [0.15, 0.2) is 0 Å². The minimum atomic E-state index is 0.762. The molecular formula is C8H14S2. The van der Waals surface area contributed by atoms with Crippen LogP contribution in [0.1, 0.15) is 20.3 Å². The maximum absolute atomic E-state index is 2.29. The van der Waals surface area contributed by atoms with Crippen LogP contribution in [0.4, 0.5) is 0 Å². The number of allylic oxidation sites excluding steroid dienone is 1. The van der Waals surface area contributed by atoms with Crippen LogP contribution in [0.3, 0.4) is 0 Å². The van der Waals surface area contributed by atoms with Crippen molar-refractivity contribution < 1.29 is 0 Å². The average Bonchev–Trinajstić information content (AvgIpc) is 2.33. The molecule has 0 saturated heterocycles. The maximum Gasteiger partial charge on any atom is 0.0393 e. The second kappa shape index (κ2) is 3.72. The lowest BCUT2D eigenvalue weighted by Crippen LogP contribution is -1.91. The van der Waals surface area contributed by atoms with Crippen molar-refractivity contribution in [1.29, 1.82) is 0 Å². The van der Waals surface area contributed by atoms with Gasteiger partial charge in [0.05, 0.1) is 0 Å². The highest BCUT2D eigenvalue weighted by Gasteiger charge is 2.16. The summed E-state index contributed by atoms with van der Waals surface area (Å²) in [6.45, 7) is 4.58. The van der Waals surface area contributed by atoms with E-state index in [-0.39, 0.29) is 0 Å². The molecule has 0 atom stereocenters. The van der Waals surface area contributed by atoms with Crippen LogP contribution in [0.25, 0.3) is 0 Å². The lowest BCUT2D eigenvalue weighted by molar-refractivity contribution is 0.741. The van der Waals surface area contributed by atoms with Gasteiger partial charge in [-0.15, -0.1) is 23.5 Å². The Morgan fingerprint density at radius 3 is 2.60 bits per heavy atom. The Morgan fingerprint density at radius 2 is 2.20 bits per heavy atom. The molecule has 58 valence electrons. The summed E-state index contributed by atoms with van der Waals surface area (Å²) in [5.41, 5.74) is 1.68. The van der Waals surface area contributed by atoms with Crippen molar-refractivity contribution in [2.24, 2.45) is 5.92 Å². The SMILES string of the molecule is CSC1=C(C(C)C)CCS1. The molecule has 0 aromatic carbocycles. The Morgan fingerprint density at radius 1 is 1.50 bits per heavy atom. The molecule has 1 rings (SSSR count). The molecular weight excluding hydrogens is 160 g/mol. The predicted octanol–water partition coefficient (Wildman–Crippen LogP) is 3.35. The number of thioether (sulfide) groups is 2. The van der Waals surface area contributed by atoms with Gasteiger partial charge in [0, 0.05) is 9.99 Å². The molecule has 0 spiro atoms. The molecule has 0 fully saturated rings. The standard InChI is InChI=1S/C8H14S2/c1-6(2)7-4-5-10-8(7)9-3/h6H,4-5H2,1-3H3. The summed E-state index contributed by atoms with van der Waals surface area (Å²) in [5.74, 6) is 2.07. The average molecular weight is 174 g/mol. The highest BCUT2D eigenvalue weighted by molar-refractivity contribution is 8.22. The first-order chi connectivity index (χ1) is 4.75. The molecule has 0 radical (unpaired) electrons. The highest BCUT2D eigenvalue weighted by atomic mass is 32.2. The fourth-order valence-electron chi connectivity index (χ4n) is 1.16. The van der Waals surface area contributed by atoms with Crippen LogP contribution in [-0.4, -0.2) is 12.0 Å². The fraction of sp³-hybridized carbons (Fsp3) is 0.750. The Hall–Kier alpha value is 0.440. The zero-order valence-corrected chi connectivity index (χ0v) is 8.44. The molecule has 0 bridgehead atoms. The first kappa shape index (κ1) is 8.54. The summed E-state index contributed by atoms with van der Waals surface area (Å²) in [7, 11) is 0. The van der Waals surface area contributed by atoms with Crippen molar-refractivity contribution in [2.45, 2.75) is 20.3 Å². The van der Waals surface area contributed by atoms with E-state index in [4.69, 9.17) is 0 Å². The summed E-state index contributed by atoms with van der Waals surface area (Å²) in [6, 6.07) is 0. The fourth-order valence-corrected chi connectivity index (χ4v) is 3.51. The Bertz CT molecular complexity index is 147. The van der Waals surface area contributed by atoms with Crippen LogP contribution < -0.4 is 0 Å². The van der Waals surface area contributed by atoms with Gasteiger partial charge in [-0.05, 0) is 24.2 Å². The van der Waals surface area contributed by atoms with Gasteiger partial charge in [0.2, 0.25) is 0 Å². The van der Waals surface area contributed by atoms with E-state index in [1.54, 1.807) is 9.81 Å². The minimum absolute atomic E-state index is 0.762. The number of hydrogen-bond acceptors (Lipinski definition) is 2. The van der Waals surface area contributed by atoms with Gasteiger partial charge in [-0.3, -0.25) is 0 Å². The van der Waals surface area contributed by atoms with E-state index < -0.39 is 0 Å². The zero-order valence-electron chi connectivity index (χ0n) is 6.81. The Labute approximate surface area is 71.8 Å². The third kappa shape index (κ3) is 1.73. The van der Waals surface area contributed by atoms with Crippen molar-refractivity contribution in [3.05, 3.63) is 9.81 Å². The molecule has 0 aromatic rings. The van der Waals surface area contributed by atoms with Gasteiger partial charge in [-0.1, -0.05) is 13.8 Å². The van der Waals surface area contributed by atoms with E-state index in [1.807, 2.05) is 23.5 Å². The van der Waals surface area contributed by atoms with Crippen LogP contribution in [0.2, 0.25) is 0 Å². The van der Waals surface area contributed by atoms with Crippen LogP contribution in [0.5, 0.6) is 0 Å². The molecule has 1 aliphatic rings. The van der Waals surface area contributed by atoms with Crippen LogP contribution in [0, 0.1) is 5.92 Å². The summed E-state index contributed by atoms with van der Waals surface area (Å²) in [6.07, 6.45) is 3.49. The van der Waals surface area contributed by atoms with E-state index >= 15 is 0 Å². The molecule has 0 unspecified atom stereocenters. The van der Waals surface area contributed by atoms with Crippen LogP contribution in [-0.2, 0) is 0 Å². The monoisotopic (exact) mass is 174 g/mol. The lowest BCUT2D eigenvalue weighted by Gasteiger charge is -2.06. The van der Waals surface area contributed by atoms with E-state index in [1.165, 1.54) is 12.2 Å². The Balaban J connectivity index is 2.68.